The molecule has 27 heavy (non-hydrogen) atoms. The van der Waals surface area contributed by atoms with E-state index < -0.39 is 17.9 Å². The van der Waals surface area contributed by atoms with Crippen molar-refractivity contribution in [2.45, 2.75) is 19.5 Å². The van der Waals surface area contributed by atoms with Crippen LogP contribution >= 0.6 is 0 Å². The molecule has 0 unspecified atom stereocenters. The van der Waals surface area contributed by atoms with E-state index in [1.54, 1.807) is 18.2 Å². The fourth-order valence-electron chi connectivity index (χ4n) is 2.43. The molecule has 2 aromatic carbocycles. The predicted octanol–water partition coefficient (Wildman–Crippen LogP) is 3.90. The van der Waals surface area contributed by atoms with E-state index in [0.29, 0.717) is 23.5 Å². The average molecular weight is 387 g/mol. The van der Waals surface area contributed by atoms with Gasteiger partial charge in [-0.15, -0.1) is 13.2 Å². The van der Waals surface area contributed by atoms with E-state index in [1.165, 1.54) is 31.3 Å². The van der Waals surface area contributed by atoms with Gasteiger partial charge in [0.1, 0.15) is 11.5 Å². The minimum Gasteiger partial charge on any atom is -0.497 e. The summed E-state index contributed by atoms with van der Waals surface area (Å²) in [6, 6.07) is 8.32. The molecule has 0 atom stereocenters. The van der Waals surface area contributed by atoms with Crippen LogP contribution in [0.2, 0.25) is 0 Å². The average Bonchev–Trinajstić information content (AvgIpc) is 2.63. The Balaban J connectivity index is 2.21. The number of hydrogen-bond acceptors (Lipinski definition) is 4. The van der Waals surface area contributed by atoms with E-state index in [2.05, 4.69) is 4.74 Å². The van der Waals surface area contributed by atoms with Gasteiger partial charge in [-0.25, -0.2) is 4.39 Å². The van der Waals surface area contributed by atoms with E-state index in [0.717, 1.165) is 6.07 Å². The number of rotatable bonds is 8. The number of hydrogen-bond donors (Lipinski definition) is 0. The van der Waals surface area contributed by atoms with E-state index in [-0.39, 0.29) is 18.7 Å². The zero-order chi connectivity index (χ0) is 20.0. The van der Waals surface area contributed by atoms with Gasteiger partial charge in [-0.1, -0.05) is 12.1 Å². The first kappa shape index (κ1) is 20.3. The Morgan fingerprint density at radius 2 is 1.70 bits per heavy atom. The Bertz CT molecular complexity index is 795. The van der Waals surface area contributed by atoms with Crippen LogP contribution in [0, 0.1) is 5.82 Å². The quantitative estimate of drug-likeness (QED) is 0.509. The number of halogens is 4. The van der Waals surface area contributed by atoms with Gasteiger partial charge in [-0.2, -0.15) is 0 Å². The Morgan fingerprint density at radius 3 is 2.30 bits per heavy atom. The lowest BCUT2D eigenvalue weighted by atomic mass is 10.1. The number of nitrogens with zero attached hydrogens (tertiary/aromatic N) is 1. The van der Waals surface area contributed by atoms with E-state index in [9.17, 15) is 22.4 Å². The van der Waals surface area contributed by atoms with Crippen LogP contribution in [0.5, 0.6) is 17.2 Å². The topological polar surface area (TPSA) is 48.0 Å². The summed E-state index contributed by atoms with van der Waals surface area (Å²) in [5, 5.41) is 0. The Kier molecular flexibility index (Phi) is 6.49. The van der Waals surface area contributed by atoms with Crippen LogP contribution in [0.4, 0.5) is 17.6 Å². The number of ether oxygens (including phenoxy) is 3. The second-order valence-corrected chi connectivity index (χ2v) is 5.47. The van der Waals surface area contributed by atoms with Crippen LogP contribution in [0.25, 0.3) is 0 Å². The van der Waals surface area contributed by atoms with Gasteiger partial charge in [-0.3, -0.25) is 4.79 Å². The van der Waals surface area contributed by atoms with Crippen molar-refractivity contribution in [3.05, 3.63) is 53.3 Å². The van der Waals surface area contributed by atoms with Crippen LogP contribution in [-0.4, -0.2) is 31.9 Å². The molecule has 146 valence electrons. The first-order chi connectivity index (χ1) is 12.8. The molecular weight excluding hydrogens is 370 g/mol. The molecule has 0 radical (unpaired) electrons. The molecule has 0 aliphatic heterocycles. The highest BCUT2D eigenvalue weighted by Gasteiger charge is 2.32. The lowest BCUT2D eigenvalue weighted by Crippen LogP contribution is -2.23. The molecule has 2 aromatic rings. The molecule has 1 amide bonds. The highest BCUT2D eigenvalue weighted by molar-refractivity contribution is 5.50. The second kappa shape index (κ2) is 8.61. The van der Waals surface area contributed by atoms with E-state index >= 15 is 0 Å². The molecule has 0 aromatic heterocycles. The van der Waals surface area contributed by atoms with Gasteiger partial charge >= 0.3 is 6.36 Å². The van der Waals surface area contributed by atoms with Gasteiger partial charge in [0, 0.05) is 30.3 Å². The van der Waals surface area contributed by atoms with Crippen LogP contribution in [0.1, 0.15) is 11.1 Å². The fourth-order valence-corrected chi connectivity index (χ4v) is 2.43. The number of amides is 1. The summed E-state index contributed by atoms with van der Waals surface area (Å²) in [7, 11) is 2.94. The highest BCUT2D eigenvalue weighted by atomic mass is 19.4. The summed E-state index contributed by atoms with van der Waals surface area (Å²) in [4.78, 5) is 12.6. The minimum absolute atomic E-state index is 0.0560. The molecule has 0 saturated heterocycles. The lowest BCUT2D eigenvalue weighted by Gasteiger charge is -2.20. The molecule has 0 saturated carbocycles. The maximum atomic E-state index is 14.3. The Morgan fingerprint density at radius 1 is 1.00 bits per heavy atom. The van der Waals surface area contributed by atoms with Crippen molar-refractivity contribution in [1.29, 1.82) is 0 Å². The summed E-state index contributed by atoms with van der Waals surface area (Å²) in [5.41, 5.74) is 0.504. The summed E-state index contributed by atoms with van der Waals surface area (Å²) >= 11 is 0. The molecule has 5 nitrogen and oxygen atoms in total. The van der Waals surface area contributed by atoms with Gasteiger partial charge < -0.3 is 19.1 Å². The SMILES string of the molecule is COc1ccc(CN(C=O)Cc2cccc(OC(F)(F)F)c2F)c(OC)c1. The second-order valence-electron chi connectivity index (χ2n) is 5.47. The zero-order valence-corrected chi connectivity index (χ0v) is 14.5. The summed E-state index contributed by atoms with van der Waals surface area (Å²) in [6.45, 7) is -0.194. The van der Waals surface area contributed by atoms with Gasteiger partial charge in [0.15, 0.2) is 11.6 Å². The molecule has 2 rings (SSSR count). The number of methoxy groups -OCH3 is 2. The lowest BCUT2D eigenvalue weighted by molar-refractivity contribution is -0.275. The molecule has 9 heteroatoms. The van der Waals surface area contributed by atoms with E-state index in [4.69, 9.17) is 9.47 Å². The van der Waals surface area contributed by atoms with Crippen LogP contribution in [-0.2, 0) is 17.9 Å². The molecular formula is C18H17F4NO4. The van der Waals surface area contributed by atoms with Gasteiger partial charge in [-0.05, 0) is 18.2 Å². The molecule has 0 bridgehead atoms. The standard InChI is InChI=1S/C18H17F4NO4/c1-25-14-7-6-12(16(8-14)26-2)9-23(11-24)10-13-4-3-5-15(17(13)19)27-18(20,21)22/h3-8,11H,9-10H2,1-2H3. The molecule has 0 N–H and O–H groups in total. The van der Waals surface area contributed by atoms with Crippen molar-refractivity contribution in [3.63, 3.8) is 0 Å². The molecule has 0 aliphatic rings. The Hall–Kier alpha value is -2.97. The summed E-state index contributed by atoms with van der Waals surface area (Å²) in [5.74, 6) is -1.12. The number of alkyl halides is 3. The van der Waals surface area contributed by atoms with Crippen molar-refractivity contribution in [3.8, 4) is 17.2 Å². The smallest absolute Gasteiger partial charge is 0.497 e. The monoisotopic (exact) mass is 387 g/mol. The first-order valence-corrected chi connectivity index (χ1v) is 7.70. The minimum atomic E-state index is -5.01. The van der Waals surface area contributed by atoms with Gasteiger partial charge in [0.2, 0.25) is 6.41 Å². The largest absolute Gasteiger partial charge is 0.573 e. The number of carbonyl (C=O) groups excluding carboxylic acids is 1. The van der Waals surface area contributed by atoms with Crippen molar-refractivity contribution in [2.75, 3.05) is 14.2 Å². The predicted molar refractivity (Wildman–Crippen MR) is 87.9 cm³/mol. The van der Waals surface area contributed by atoms with Crippen molar-refractivity contribution in [1.82, 2.24) is 4.90 Å². The molecule has 0 spiro atoms. The number of carbonyl (C=O) groups is 1. The maximum Gasteiger partial charge on any atom is 0.573 e. The zero-order valence-electron chi connectivity index (χ0n) is 14.5. The van der Waals surface area contributed by atoms with Crippen LogP contribution in [0.15, 0.2) is 36.4 Å². The molecule has 0 aliphatic carbocycles. The fraction of sp³-hybridized carbons (Fsp3) is 0.278. The third-order valence-corrected chi connectivity index (χ3v) is 3.66. The van der Waals surface area contributed by atoms with Crippen LogP contribution < -0.4 is 14.2 Å². The van der Waals surface area contributed by atoms with Crippen LogP contribution in [0.3, 0.4) is 0 Å². The van der Waals surface area contributed by atoms with Crippen molar-refractivity contribution in [2.24, 2.45) is 0 Å². The van der Waals surface area contributed by atoms with Gasteiger partial charge in [0.25, 0.3) is 0 Å². The highest BCUT2D eigenvalue weighted by Crippen LogP contribution is 2.29. The molecule has 0 fully saturated rings. The van der Waals surface area contributed by atoms with Crippen molar-refractivity contribution >= 4 is 6.41 Å². The van der Waals surface area contributed by atoms with E-state index in [1.807, 2.05) is 0 Å². The van der Waals surface area contributed by atoms with Gasteiger partial charge in [0.05, 0.1) is 14.2 Å². The van der Waals surface area contributed by atoms with Crippen molar-refractivity contribution < 1.29 is 36.6 Å². The normalized spacial score (nSPS) is 11.0. The third-order valence-electron chi connectivity index (χ3n) is 3.66. The maximum absolute atomic E-state index is 14.3. The molecule has 0 heterocycles. The first-order valence-electron chi connectivity index (χ1n) is 7.70. The summed E-state index contributed by atoms with van der Waals surface area (Å²) in [6.07, 6.45) is -4.54. The number of benzene rings is 2. The summed E-state index contributed by atoms with van der Waals surface area (Å²) < 4.78 is 65.3. The Labute approximate surface area is 153 Å². The third kappa shape index (κ3) is 5.50.